The maximum absolute atomic E-state index is 12.4. The third-order valence-corrected chi connectivity index (χ3v) is 2.14. The normalized spacial score (nSPS) is 12.6. The van der Waals surface area contributed by atoms with Gasteiger partial charge in [-0.2, -0.15) is 0 Å². The van der Waals surface area contributed by atoms with Gasteiger partial charge in [-0.3, -0.25) is 4.79 Å². The first kappa shape index (κ1) is 10.9. The summed E-state index contributed by atoms with van der Waals surface area (Å²) in [5, 5.41) is 0. The molecule has 1 unspecified atom stereocenters. The topological polar surface area (TPSA) is 43.1 Å². The Morgan fingerprint density at radius 2 is 2.21 bits per heavy atom. The highest BCUT2D eigenvalue weighted by Crippen LogP contribution is 2.13. The van der Waals surface area contributed by atoms with E-state index in [0.717, 1.165) is 5.56 Å². The average Bonchev–Trinajstić information content (AvgIpc) is 2.17. The summed E-state index contributed by atoms with van der Waals surface area (Å²) in [7, 11) is 0. The fourth-order valence-corrected chi connectivity index (χ4v) is 1.26. The van der Waals surface area contributed by atoms with Gasteiger partial charge in [-0.1, -0.05) is 12.1 Å². The van der Waals surface area contributed by atoms with Crippen molar-refractivity contribution in [3.05, 3.63) is 34.9 Å². The summed E-state index contributed by atoms with van der Waals surface area (Å²) in [6.07, 6.45) is 0. The largest absolute Gasteiger partial charge is 0.321 e. The van der Waals surface area contributed by atoms with Crippen LogP contribution in [-0.4, -0.2) is 11.8 Å². The molecule has 0 aliphatic rings. The molecule has 14 heavy (non-hydrogen) atoms. The molecule has 0 saturated carbocycles. The molecule has 1 atom stereocenters. The number of benzene rings is 1. The molecule has 0 amide bonds. The van der Waals surface area contributed by atoms with E-state index < -0.39 is 12.7 Å². The Balaban J connectivity index is 3.12. The first-order valence-corrected chi connectivity index (χ1v) is 4.51. The predicted octanol–water partition coefficient (Wildman–Crippen LogP) is 1.99. The highest BCUT2D eigenvalue weighted by atomic mass is 19.1. The molecule has 0 aliphatic heterocycles. The highest BCUT2D eigenvalue weighted by Gasteiger charge is 2.13. The molecule has 0 heterocycles. The van der Waals surface area contributed by atoms with Crippen LogP contribution in [-0.2, 0) is 6.67 Å². The molecule has 0 aliphatic carbocycles. The lowest BCUT2D eigenvalue weighted by molar-refractivity contribution is 0.0967. The van der Waals surface area contributed by atoms with Crippen molar-refractivity contribution in [3.8, 4) is 0 Å². The molecule has 1 aromatic carbocycles. The Morgan fingerprint density at radius 3 is 2.71 bits per heavy atom. The van der Waals surface area contributed by atoms with Crippen molar-refractivity contribution >= 4 is 5.78 Å². The second-order valence-corrected chi connectivity index (χ2v) is 3.44. The van der Waals surface area contributed by atoms with Gasteiger partial charge >= 0.3 is 0 Å². The SMILES string of the molecule is Cc1ccc(CF)cc1C(=O)C(C)N. The van der Waals surface area contributed by atoms with Crippen molar-refractivity contribution in [1.29, 1.82) is 0 Å². The number of ketones is 1. The fourth-order valence-electron chi connectivity index (χ4n) is 1.26. The Kier molecular flexibility index (Phi) is 3.36. The molecular formula is C11H14FNO. The number of alkyl halides is 1. The van der Waals surface area contributed by atoms with Crippen molar-refractivity contribution in [2.24, 2.45) is 5.73 Å². The quantitative estimate of drug-likeness (QED) is 0.749. The number of Topliss-reactive ketones (excluding diaryl/α,β-unsaturated/α-hetero) is 1. The molecule has 0 spiro atoms. The van der Waals surface area contributed by atoms with Crippen LogP contribution in [0, 0.1) is 6.92 Å². The van der Waals surface area contributed by atoms with Gasteiger partial charge in [-0.25, -0.2) is 4.39 Å². The van der Waals surface area contributed by atoms with Gasteiger partial charge in [0.15, 0.2) is 5.78 Å². The van der Waals surface area contributed by atoms with Gasteiger partial charge in [-0.15, -0.1) is 0 Å². The van der Waals surface area contributed by atoms with E-state index in [4.69, 9.17) is 5.73 Å². The van der Waals surface area contributed by atoms with Crippen LogP contribution in [0.1, 0.15) is 28.4 Å². The fraction of sp³-hybridized carbons (Fsp3) is 0.364. The zero-order chi connectivity index (χ0) is 10.7. The first-order chi connectivity index (χ1) is 6.56. The number of nitrogens with two attached hydrogens (primary N) is 1. The third-order valence-electron chi connectivity index (χ3n) is 2.14. The van der Waals surface area contributed by atoms with E-state index in [1.54, 1.807) is 25.1 Å². The molecule has 0 radical (unpaired) electrons. The number of aryl methyl sites for hydroxylation is 1. The van der Waals surface area contributed by atoms with E-state index in [9.17, 15) is 9.18 Å². The second kappa shape index (κ2) is 4.33. The van der Waals surface area contributed by atoms with Gasteiger partial charge < -0.3 is 5.73 Å². The summed E-state index contributed by atoms with van der Waals surface area (Å²) < 4.78 is 12.4. The molecule has 2 nitrogen and oxygen atoms in total. The van der Waals surface area contributed by atoms with Gasteiger partial charge in [0, 0.05) is 5.56 Å². The number of rotatable bonds is 3. The monoisotopic (exact) mass is 195 g/mol. The minimum atomic E-state index is -0.556. The van der Waals surface area contributed by atoms with Gasteiger partial charge in [-0.05, 0) is 31.0 Å². The van der Waals surface area contributed by atoms with Crippen LogP contribution in [0.25, 0.3) is 0 Å². The Hall–Kier alpha value is -1.22. The molecule has 0 bridgehead atoms. The highest BCUT2D eigenvalue weighted by molar-refractivity contribution is 6.01. The maximum Gasteiger partial charge on any atom is 0.179 e. The lowest BCUT2D eigenvalue weighted by atomic mass is 9.99. The third kappa shape index (κ3) is 2.17. The zero-order valence-electron chi connectivity index (χ0n) is 8.38. The zero-order valence-corrected chi connectivity index (χ0v) is 8.38. The van der Waals surface area contributed by atoms with Crippen LogP contribution in [0.4, 0.5) is 4.39 Å². The Bertz CT molecular complexity index is 347. The second-order valence-electron chi connectivity index (χ2n) is 3.44. The number of hydrogen-bond donors (Lipinski definition) is 1. The molecule has 1 rings (SSSR count). The van der Waals surface area contributed by atoms with E-state index in [1.807, 2.05) is 6.92 Å². The smallest absolute Gasteiger partial charge is 0.179 e. The van der Waals surface area contributed by atoms with Gasteiger partial charge in [0.2, 0.25) is 0 Å². The van der Waals surface area contributed by atoms with Crippen LogP contribution in [0.15, 0.2) is 18.2 Å². The maximum atomic E-state index is 12.4. The van der Waals surface area contributed by atoms with Crippen molar-refractivity contribution in [3.63, 3.8) is 0 Å². The standard InChI is InChI=1S/C11H14FNO/c1-7-3-4-9(6-12)5-10(7)11(14)8(2)13/h3-5,8H,6,13H2,1-2H3. The number of carbonyl (C=O) groups excluding carboxylic acids is 1. The molecule has 0 fully saturated rings. The molecule has 2 N–H and O–H groups in total. The van der Waals surface area contributed by atoms with Crippen LogP contribution in [0.3, 0.4) is 0 Å². The Labute approximate surface area is 82.9 Å². The lowest BCUT2D eigenvalue weighted by Crippen LogP contribution is -2.27. The molecule has 0 saturated heterocycles. The molecule has 1 aromatic rings. The van der Waals surface area contributed by atoms with Crippen LogP contribution < -0.4 is 5.73 Å². The van der Waals surface area contributed by atoms with Gasteiger partial charge in [0.05, 0.1) is 6.04 Å². The van der Waals surface area contributed by atoms with Crippen molar-refractivity contribution in [1.82, 2.24) is 0 Å². The van der Waals surface area contributed by atoms with Crippen LogP contribution in [0.2, 0.25) is 0 Å². The number of halogens is 1. The summed E-state index contributed by atoms with van der Waals surface area (Å²) in [5.41, 5.74) is 7.36. The minimum Gasteiger partial charge on any atom is -0.321 e. The van der Waals surface area contributed by atoms with Crippen molar-refractivity contribution in [2.75, 3.05) is 0 Å². The summed E-state index contributed by atoms with van der Waals surface area (Å²) in [4.78, 5) is 11.6. The molecule has 3 heteroatoms. The average molecular weight is 195 g/mol. The van der Waals surface area contributed by atoms with E-state index in [-0.39, 0.29) is 5.78 Å². The van der Waals surface area contributed by atoms with Gasteiger partial charge in [0.1, 0.15) is 6.67 Å². The Morgan fingerprint density at radius 1 is 1.57 bits per heavy atom. The van der Waals surface area contributed by atoms with Crippen molar-refractivity contribution in [2.45, 2.75) is 26.6 Å². The number of carbonyl (C=O) groups is 1. The summed E-state index contributed by atoms with van der Waals surface area (Å²) >= 11 is 0. The van der Waals surface area contributed by atoms with Crippen LogP contribution in [0.5, 0.6) is 0 Å². The molecule has 76 valence electrons. The van der Waals surface area contributed by atoms with E-state index in [0.29, 0.717) is 11.1 Å². The summed E-state index contributed by atoms with van der Waals surface area (Å²) in [6.45, 7) is 2.89. The van der Waals surface area contributed by atoms with Crippen LogP contribution >= 0.6 is 0 Å². The van der Waals surface area contributed by atoms with Gasteiger partial charge in [0.25, 0.3) is 0 Å². The van der Waals surface area contributed by atoms with E-state index in [1.165, 1.54) is 0 Å². The summed E-state index contributed by atoms with van der Waals surface area (Å²) in [5.74, 6) is -0.141. The van der Waals surface area contributed by atoms with E-state index in [2.05, 4.69) is 0 Å². The number of hydrogen-bond acceptors (Lipinski definition) is 2. The molecule has 0 aromatic heterocycles. The lowest BCUT2D eigenvalue weighted by Gasteiger charge is -2.08. The first-order valence-electron chi connectivity index (χ1n) is 4.51. The summed E-state index contributed by atoms with van der Waals surface area (Å²) in [6, 6.07) is 4.45. The van der Waals surface area contributed by atoms with E-state index >= 15 is 0 Å². The van der Waals surface area contributed by atoms with Crippen molar-refractivity contribution < 1.29 is 9.18 Å². The predicted molar refractivity (Wildman–Crippen MR) is 54.0 cm³/mol. The molecular weight excluding hydrogens is 181 g/mol. The minimum absolute atomic E-state index is 0.141.